The zero-order valence-electron chi connectivity index (χ0n) is 13.7. The lowest BCUT2D eigenvalue weighted by Crippen LogP contribution is -2.47. The van der Waals surface area contributed by atoms with Crippen LogP contribution >= 0.6 is 11.6 Å². The first-order chi connectivity index (χ1) is 9.26. The molecular formula is C17H29ClN2. The zero-order chi connectivity index (χ0) is 15.3. The Morgan fingerprint density at radius 1 is 1.20 bits per heavy atom. The van der Waals surface area contributed by atoms with Crippen LogP contribution in [0.1, 0.15) is 52.6 Å². The topological polar surface area (TPSA) is 15.3 Å². The Morgan fingerprint density at radius 2 is 1.75 bits per heavy atom. The number of halogens is 1. The van der Waals surface area contributed by atoms with E-state index < -0.39 is 0 Å². The van der Waals surface area contributed by atoms with Gasteiger partial charge in [-0.25, -0.2) is 0 Å². The summed E-state index contributed by atoms with van der Waals surface area (Å²) >= 11 is 5.95. The first kappa shape index (κ1) is 17.5. The van der Waals surface area contributed by atoms with Crippen LogP contribution in [-0.4, -0.2) is 30.1 Å². The monoisotopic (exact) mass is 296 g/mol. The predicted octanol–water partition coefficient (Wildman–Crippen LogP) is 4.50. The Labute approximate surface area is 129 Å². The van der Waals surface area contributed by atoms with Crippen molar-refractivity contribution >= 4 is 11.6 Å². The van der Waals surface area contributed by atoms with E-state index in [9.17, 15) is 0 Å². The normalized spacial score (nSPS) is 15.4. The van der Waals surface area contributed by atoms with Crippen molar-refractivity contribution in [1.29, 1.82) is 0 Å². The second-order valence-corrected chi connectivity index (χ2v) is 6.80. The van der Waals surface area contributed by atoms with E-state index in [2.05, 4.69) is 64.0 Å². The maximum absolute atomic E-state index is 5.95. The summed E-state index contributed by atoms with van der Waals surface area (Å²) in [5, 5.41) is 4.44. The second kappa shape index (κ2) is 7.44. The van der Waals surface area contributed by atoms with Gasteiger partial charge in [0.15, 0.2) is 0 Å². The standard InChI is InChI=1S/C17H29ClN2/c1-7-17(4,5)19-12-13(2)20(6)14(3)15-8-10-16(18)11-9-15/h8-11,13-14,19H,7,12H2,1-6H3. The van der Waals surface area contributed by atoms with Crippen molar-refractivity contribution < 1.29 is 0 Å². The highest BCUT2D eigenvalue weighted by atomic mass is 35.5. The SMILES string of the molecule is CCC(C)(C)NCC(C)N(C)C(C)c1ccc(Cl)cc1. The molecule has 0 bridgehead atoms. The van der Waals surface area contributed by atoms with Gasteiger partial charge in [-0.05, 0) is 58.9 Å². The lowest BCUT2D eigenvalue weighted by molar-refractivity contribution is 0.181. The molecule has 1 rings (SSSR count). The van der Waals surface area contributed by atoms with Crippen LogP contribution in [0.2, 0.25) is 5.02 Å². The summed E-state index contributed by atoms with van der Waals surface area (Å²) in [5.74, 6) is 0. The highest BCUT2D eigenvalue weighted by Crippen LogP contribution is 2.22. The maximum Gasteiger partial charge on any atom is 0.0406 e. The number of nitrogens with zero attached hydrogens (tertiary/aromatic N) is 1. The van der Waals surface area contributed by atoms with E-state index in [0.717, 1.165) is 18.0 Å². The van der Waals surface area contributed by atoms with Crippen LogP contribution in [-0.2, 0) is 0 Å². The molecule has 0 aliphatic carbocycles. The lowest BCUT2D eigenvalue weighted by atomic mass is 10.0. The molecule has 1 aromatic carbocycles. The molecule has 0 amide bonds. The Balaban J connectivity index is 2.59. The lowest BCUT2D eigenvalue weighted by Gasteiger charge is -2.34. The van der Waals surface area contributed by atoms with Crippen molar-refractivity contribution in [3.8, 4) is 0 Å². The molecule has 2 unspecified atom stereocenters. The summed E-state index contributed by atoms with van der Waals surface area (Å²) in [7, 11) is 2.19. The minimum atomic E-state index is 0.207. The quantitative estimate of drug-likeness (QED) is 0.797. The highest BCUT2D eigenvalue weighted by Gasteiger charge is 2.20. The van der Waals surface area contributed by atoms with Gasteiger partial charge in [0.25, 0.3) is 0 Å². The Morgan fingerprint density at radius 3 is 2.25 bits per heavy atom. The third-order valence-electron chi connectivity index (χ3n) is 4.42. The van der Waals surface area contributed by atoms with E-state index in [1.165, 1.54) is 5.56 Å². The van der Waals surface area contributed by atoms with Gasteiger partial charge < -0.3 is 5.32 Å². The number of likely N-dealkylation sites (N-methyl/N-ethyl adjacent to an activating group) is 1. The fourth-order valence-corrected chi connectivity index (χ4v) is 2.18. The van der Waals surface area contributed by atoms with Gasteiger partial charge in [0.05, 0.1) is 0 Å². The summed E-state index contributed by atoms with van der Waals surface area (Å²) in [6.07, 6.45) is 1.14. The van der Waals surface area contributed by atoms with Crippen molar-refractivity contribution in [1.82, 2.24) is 10.2 Å². The van der Waals surface area contributed by atoms with Crippen LogP contribution in [0.3, 0.4) is 0 Å². The van der Waals surface area contributed by atoms with Gasteiger partial charge >= 0.3 is 0 Å². The van der Waals surface area contributed by atoms with E-state index in [4.69, 9.17) is 11.6 Å². The summed E-state index contributed by atoms with van der Waals surface area (Å²) < 4.78 is 0. The van der Waals surface area contributed by atoms with Crippen molar-refractivity contribution in [2.75, 3.05) is 13.6 Å². The number of nitrogens with one attached hydrogen (secondary N) is 1. The fraction of sp³-hybridized carbons (Fsp3) is 0.647. The Bertz CT molecular complexity index is 400. The maximum atomic E-state index is 5.95. The fourth-order valence-electron chi connectivity index (χ4n) is 2.05. The molecule has 0 saturated carbocycles. The van der Waals surface area contributed by atoms with Crippen LogP contribution in [0.15, 0.2) is 24.3 Å². The molecule has 0 saturated heterocycles. The molecule has 0 fully saturated rings. The molecular weight excluding hydrogens is 268 g/mol. The van der Waals surface area contributed by atoms with Crippen LogP contribution in [0.4, 0.5) is 0 Å². The molecule has 0 radical (unpaired) electrons. The van der Waals surface area contributed by atoms with Crippen LogP contribution < -0.4 is 5.32 Å². The van der Waals surface area contributed by atoms with E-state index in [1.54, 1.807) is 0 Å². The molecule has 2 nitrogen and oxygen atoms in total. The molecule has 114 valence electrons. The minimum Gasteiger partial charge on any atom is -0.310 e. The Hall–Kier alpha value is -0.570. The number of rotatable bonds is 7. The van der Waals surface area contributed by atoms with Gasteiger partial charge in [-0.2, -0.15) is 0 Å². The molecule has 3 heteroatoms. The molecule has 1 aromatic rings. The molecule has 0 spiro atoms. The first-order valence-corrected chi connectivity index (χ1v) is 7.87. The van der Waals surface area contributed by atoms with Gasteiger partial charge in [0, 0.05) is 29.2 Å². The van der Waals surface area contributed by atoms with E-state index in [-0.39, 0.29) is 5.54 Å². The van der Waals surface area contributed by atoms with Crippen molar-refractivity contribution in [2.24, 2.45) is 0 Å². The number of benzene rings is 1. The van der Waals surface area contributed by atoms with Crippen molar-refractivity contribution in [2.45, 2.75) is 58.7 Å². The van der Waals surface area contributed by atoms with Crippen LogP contribution in [0, 0.1) is 0 Å². The molecule has 0 aliphatic rings. The van der Waals surface area contributed by atoms with E-state index in [1.807, 2.05) is 12.1 Å². The van der Waals surface area contributed by atoms with Crippen molar-refractivity contribution in [3.05, 3.63) is 34.9 Å². The van der Waals surface area contributed by atoms with Crippen LogP contribution in [0.5, 0.6) is 0 Å². The van der Waals surface area contributed by atoms with Gasteiger partial charge in [0.2, 0.25) is 0 Å². The van der Waals surface area contributed by atoms with Gasteiger partial charge in [-0.1, -0.05) is 30.7 Å². The predicted molar refractivity (Wildman–Crippen MR) is 89.5 cm³/mol. The largest absolute Gasteiger partial charge is 0.310 e. The second-order valence-electron chi connectivity index (χ2n) is 6.36. The average molecular weight is 297 g/mol. The molecule has 0 aromatic heterocycles. The summed E-state index contributed by atoms with van der Waals surface area (Å²) in [6, 6.07) is 9.01. The van der Waals surface area contributed by atoms with Gasteiger partial charge in [-0.3, -0.25) is 4.90 Å². The molecule has 0 heterocycles. The minimum absolute atomic E-state index is 0.207. The van der Waals surface area contributed by atoms with Crippen molar-refractivity contribution in [3.63, 3.8) is 0 Å². The zero-order valence-corrected chi connectivity index (χ0v) is 14.5. The van der Waals surface area contributed by atoms with Crippen LogP contribution in [0.25, 0.3) is 0 Å². The molecule has 2 atom stereocenters. The highest BCUT2D eigenvalue weighted by molar-refractivity contribution is 6.30. The summed E-state index contributed by atoms with van der Waals surface area (Å²) in [6.45, 7) is 12.2. The third-order valence-corrected chi connectivity index (χ3v) is 4.67. The molecule has 1 N–H and O–H groups in total. The Kier molecular flexibility index (Phi) is 6.50. The molecule has 20 heavy (non-hydrogen) atoms. The smallest absolute Gasteiger partial charge is 0.0406 e. The van der Waals surface area contributed by atoms with Gasteiger partial charge in [0.1, 0.15) is 0 Å². The number of hydrogen-bond acceptors (Lipinski definition) is 2. The number of hydrogen-bond donors (Lipinski definition) is 1. The van der Waals surface area contributed by atoms with E-state index >= 15 is 0 Å². The van der Waals surface area contributed by atoms with E-state index in [0.29, 0.717) is 12.1 Å². The third kappa shape index (κ3) is 5.08. The first-order valence-electron chi connectivity index (χ1n) is 7.49. The van der Waals surface area contributed by atoms with Gasteiger partial charge in [-0.15, -0.1) is 0 Å². The molecule has 0 aliphatic heterocycles. The summed E-state index contributed by atoms with van der Waals surface area (Å²) in [5.41, 5.74) is 1.51. The average Bonchev–Trinajstić information content (AvgIpc) is 2.44. The summed E-state index contributed by atoms with van der Waals surface area (Å²) in [4.78, 5) is 2.40.